The van der Waals surface area contributed by atoms with Crippen molar-refractivity contribution < 1.29 is 9.84 Å². The van der Waals surface area contributed by atoms with Gasteiger partial charge in [0.1, 0.15) is 0 Å². The molecule has 0 aromatic carbocycles. The van der Waals surface area contributed by atoms with Gasteiger partial charge in [-0.2, -0.15) is 0 Å². The molecule has 0 aromatic rings. The van der Waals surface area contributed by atoms with Crippen LogP contribution >= 0.6 is 0 Å². The van der Waals surface area contributed by atoms with Crippen LogP contribution in [0.1, 0.15) is 26.7 Å². The highest BCUT2D eigenvalue weighted by Crippen LogP contribution is 2.22. The third kappa shape index (κ3) is 2.67. The molecule has 1 fully saturated rings. The van der Waals surface area contributed by atoms with Gasteiger partial charge in [0.25, 0.3) is 0 Å². The van der Waals surface area contributed by atoms with Crippen molar-refractivity contribution in [2.45, 2.75) is 32.3 Å². The lowest BCUT2D eigenvalue weighted by atomic mass is 9.93. The Morgan fingerprint density at radius 3 is 2.70 bits per heavy atom. The summed E-state index contributed by atoms with van der Waals surface area (Å²) in [6.45, 7) is 5.42. The molecule has 0 amide bonds. The lowest BCUT2D eigenvalue weighted by molar-refractivity contribution is 0.0495. The van der Waals surface area contributed by atoms with Crippen molar-refractivity contribution in [3.05, 3.63) is 0 Å². The van der Waals surface area contributed by atoms with Crippen LogP contribution in [0.2, 0.25) is 0 Å². The Hall–Kier alpha value is -0.0800. The Kier molecular flexibility index (Phi) is 2.32. The molecule has 0 saturated carbocycles. The van der Waals surface area contributed by atoms with Gasteiger partial charge in [0, 0.05) is 13.2 Å². The minimum atomic E-state index is -0.516. The molecule has 1 aliphatic heterocycles. The maximum atomic E-state index is 9.42. The van der Waals surface area contributed by atoms with E-state index in [0.717, 1.165) is 26.1 Å². The fourth-order valence-corrected chi connectivity index (χ4v) is 1.45. The number of hydrogen-bond acceptors (Lipinski definition) is 2. The summed E-state index contributed by atoms with van der Waals surface area (Å²) < 4.78 is 5.19. The normalized spacial score (nSPS) is 27.3. The van der Waals surface area contributed by atoms with Gasteiger partial charge in [-0.15, -0.1) is 0 Å². The van der Waals surface area contributed by atoms with Crippen LogP contribution in [0.25, 0.3) is 0 Å². The van der Waals surface area contributed by atoms with E-state index >= 15 is 0 Å². The topological polar surface area (TPSA) is 29.5 Å². The number of rotatable bonds is 2. The maximum Gasteiger partial charge on any atom is 0.0595 e. The van der Waals surface area contributed by atoms with Crippen molar-refractivity contribution in [2.24, 2.45) is 5.92 Å². The summed E-state index contributed by atoms with van der Waals surface area (Å²) in [4.78, 5) is 0. The Bertz CT molecular complexity index is 98.3. The molecule has 0 radical (unpaired) electrons. The summed E-state index contributed by atoms with van der Waals surface area (Å²) in [5.41, 5.74) is -0.516. The summed E-state index contributed by atoms with van der Waals surface area (Å²) in [5, 5.41) is 9.42. The monoisotopic (exact) mass is 144 g/mol. The third-order valence-electron chi connectivity index (χ3n) is 1.81. The SMILES string of the molecule is CC(C)(O)CC1CCOC1. The van der Waals surface area contributed by atoms with Gasteiger partial charge in [0.15, 0.2) is 0 Å². The molecular weight excluding hydrogens is 128 g/mol. The van der Waals surface area contributed by atoms with Crippen molar-refractivity contribution >= 4 is 0 Å². The van der Waals surface area contributed by atoms with Gasteiger partial charge in [0.05, 0.1) is 5.60 Å². The van der Waals surface area contributed by atoms with E-state index in [2.05, 4.69) is 0 Å². The van der Waals surface area contributed by atoms with Gasteiger partial charge in [-0.25, -0.2) is 0 Å². The second-order valence-corrected chi connectivity index (χ2v) is 3.75. The molecule has 10 heavy (non-hydrogen) atoms. The summed E-state index contributed by atoms with van der Waals surface area (Å²) in [5.74, 6) is 0.583. The number of hydrogen-bond donors (Lipinski definition) is 1. The average molecular weight is 144 g/mol. The lowest BCUT2D eigenvalue weighted by Gasteiger charge is -2.20. The van der Waals surface area contributed by atoms with Gasteiger partial charge in [-0.05, 0) is 32.6 Å². The first-order chi connectivity index (χ1) is 4.58. The zero-order chi connectivity index (χ0) is 7.61. The predicted octanol–water partition coefficient (Wildman–Crippen LogP) is 1.18. The molecule has 0 spiro atoms. The van der Waals surface area contributed by atoms with Crippen LogP contribution in [-0.4, -0.2) is 23.9 Å². The highest BCUT2D eigenvalue weighted by Gasteiger charge is 2.23. The van der Waals surface area contributed by atoms with Crippen LogP contribution in [0.15, 0.2) is 0 Å². The minimum absolute atomic E-state index is 0.516. The molecule has 1 rings (SSSR count). The van der Waals surface area contributed by atoms with E-state index in [1.807, 2.05) is 13.8 Å². The van der Waals surface area contributed by atoms with E-state index in [4.69, 9.17) is 4.74 Å². The quantitative estimate of drug-likeness (QED) is 0.630. The molecule has 1 N–H and O–H groups in total. The van der Waals surface area contributed by atoms with E-state index in [9.17, 15) is 5.11 Å². The first kappa shape index (κ1) is 8.02. The summed E-state index contributed by atoms with van der Waals surface area (Å²) in [6.07, 6.45) is 1.98. The summed E-state index contributed by atoms with van der Waals surface area (Å²) >= 11 is 0. The highest BCUT2D eigenvalue weighted by atomic mass is 16.5. The van der Waals surface area contributed by atoms with Gasteiger partial charge in [-0.1, -0.05) is 0 Å². The molecule has 0 aliphatic carbocycles. The average Bonchev–Trinajstić information content (AvgIpc) is 2.12. The van der Waals surface area contributed by atoms with Crippen LogP contribution < -0.4 is 0 Å². The van der Waals surface area contributed by atoms with Crippen LogP contribution in [0.5, 0.6) is 0 Å². The highest BCUT2D eigenvalue weighted by molar-refractivity contribution is 4.74. The smallest absolute Gasteiger partial charge is 0.0595 e. The Morgan fingerprint density at radius 1 is 1.60 bits per heavy atom. The molecule has 0 bridgehead atoms. The van der Waals surface area contributed by atoms with E-state index in [1.54, 1.807) is 0 Å². The minimum Gasteiger partial charge on any atom is -0.390 e. The fourth-order valence-electron chi connectivity index (χ4n) is 1.45. The number of aliphatic hydroxyl groups is 1. The lowest BCUT2D eigenvalue weighted by Crippen LogP contribution is -2.23. The standard InChI is InChI=1S/C8H16O2/c1-8(2,9)5-7-3-4-10-6-7/h7,9H,3-6H2,1-2H3. The number of ether oxygens (including phenoxy) is 1. The van der Waals surface area contributed by atoms with Crippen molar-refractivity contribution in [3.63, 3.8) is 0 Å². The third-order valence-corrected chi connectivity index (χ3v) is 1.81. The van der Waals surface area contributed by atoms with Crippen molar-refractivity contribution in [1.82, 2.24) is 0 Å². The van der Waals surface area contributed by atoms with Gasteiger partial charge in [-0.3, -0.25) is 0 Å². The largest absolute Gasteiger partial charge is 0.390 e. The van der Waals surface area contributed by atoms with Crippen LogP contribution in [0.3, 0.4) is 0 Å². The van der Waals surface area contributed by atoms with Gasteiger partial charge in [0.2, 0.25) is 0 Å². The molecule has 1 unspecified atom stereocenters. The second-order valence-electron chi connectivity index (χ2n) is 3.75. The Labute approximate surface area is 62.2 Å². The van der Waals surface area contributed by atoms with E-state index in [0.29, 0.717) is 5.92 Å². The Morgan fingerprint density at radius 2 is 2.30 bits per heavy atom. The molecular formula is C8H16O2. The molecule has 1 aliphatic rings. The fraction of sp³-hybridized carbons (Fsp3) is 1.00. The van der Waals surface area contributed by atoms with E-state index < -0.39 is 5.60 Å². The maximum absolute atomic E-state index is 9.42. The zero-order valence-corrected chi connectivity index (χ0v) is 6.76. The summed E-state index contributed by atoms with van der Waals surface area (Å²) in [7, 11) is 0. The van der Waals surface area contributed by atoms with Gasteiger partial charge < -0.3 is 9.84 Å². The van der Waals surface area contributed by atoms with Crippen molar-refractivity contribution in [1.29, 1.82) is 0 Å². The molecule has 1 heterocycles. The second kappa shape index (κ2) is 2.89. The van der Waals surface area contributed by atoms with Crippen molar-refractivity contribution in [2.75, 3.05) is 13.2 Å². The first-order valence-corrected chi connectivity index (χ1v) is 3.88. The van der Waals surface area contributed by atoms with Crippen LogP contribution in [0.4, 0.5) is 0 Å². The zero-order valence-electron chi connectivity index (χ0n) is 6.76. The predicted molar refractivity (Wildman–Crippen MR) is 39.8 cm³/mol. The van der Waals surface area contributed by atoms with Gasteiger partial charge >= 0.3 is 0 Å². The van der Waals surface area contributed by atoms with Crippen LogP contribution in [-0.2, 0) is 4.74 Å². The molecule has 2 heteroatoms. The first-order valence-electron chi connectivity index (χ1n) is 3.88. The molecule has 1 atom stereocenters. The van der Waals surface area contributed by atoms with Crippen LogP contribution in [0, 0.1) is 5.92 Å². The Balaban J connectivity index is 2.24. The summed E-state index contributed by atoms with van der Waals surface area (Å²) in [6, 6.07) is 0. The van der Waals surface area contributed by atoms with Crippen molar-refractivity contribution in [3.8, 4) is 0 Å². The molecule has 0 aromatic heterocycles. The van der Waals surface area contributed by atoms with E-state index in [1.165, 1.54) is 0 Å². The molecule has 1 saturated heterocycles. The molecule has 60 valence electrons. The molecule has 2 nitrogen and oxygen atoms in total. The van der Waals surface area contributed by atoms with E-state index in [-0.39, 0.29) is 0 Å².